The molecule has 2 aromatic rings. The van der Waals surface area contributed by atoms with Gasteiger partial charge in [-0.3, -0.25) is 9.69 Å². The third-order valence-electron chi connectivity index (χ3n) is 6.60. The van der Waals surface area contributed by atoms with E-state index in [1.165, 1.54) is 0 Å². The molecule has 0 bridgehead atoms. The molecule has 4 rings (SSSR count). The molecular formula is C26H37BrN6O3. The Hall–Kier alpha value is -2.43. The van der Waals surface area contributed by atoms with Crippen LogP contribution in [0.4, 0.5) is 17.5 Å². The maximum absolute atomic E-state index is 12.6. The smallest absolute Gasteiger partial charge is 0.229 e. The first-order valence-corrected chi connectivity index (χ1v) is 13.5. The highest BCUT2D eigenvalue weighted by Crippen LogP contribution is 2.31. The fraction of sp³-hybridized carbons (Fsp3) is 0.577. The second-order valence-electron chi connectivity index (χ2n) is 9.81. The Kier molecular flexibility index (Phi) is 9.39. The van der Waals surface area contributed by atoms with Gasteiger partial charge in [-0.05, 0) is 73.3 Å². The van der Waals surface area contributed by atoms with Crippen LogP contribution in [0.2, 0.25) is 0 Å². The van der Waals surface area contributed by atoms with E-state index in [-0.39, 0.29) is 30.0 Å². The minimum Gasteiger partial charge on any atom is -0.489 e. The van der Waals surface area contributed by atoms with Gasteiger partial charge < -0.3 is 25.4 Å². The van der Waals surface area contributed by atoms with Crippen LogP contribution < -0.4 is 20.7 Å². The number of carbonyl (C=O) groups excluding carboxylic acids is 1. The van der Waals surface area contributed by atoms with Crippen molar-refractivity contribution in [3.63, 3.8) is 0 Å². The minimum absolute atomic E-state index is 0.0419. The predicted octanol–water partition coefficient (Wildman–Crippen LogP) is 4.19. The van der Waals surface area contributed by atoms with E-state index >= 15 is 0 Å². The second kappa shape index (κ2) is 12.7. The zero-order valence-corrected chi connectivity index (χ0v) is 22.9. The van der Waals surface area contributed by atoms with Crippen LogP contribution in [0.5, 0.6) is 5.75 Å². The van der Waals surface area contributed by atoms with E-state index in [1.807, 2.05) is 38.1 Å². The number of halogens is 1. The van der Waals surface area contributed by atoms with Crippen LogP contribution in [-0.2, 0) is 9.53 Å². The van der Waals surface area contributed by atoms with Crippen molar-refractivity contribution in [3.05, 3.63) is 34.9 Å². The van der Waals surface area contributed by atoms with Gasteiger partial charge in [0.25, 0.3) is 0 Å². The molecule has 196 valence electrons. The van der Waals surface area contributed by atoms with E-state index in [1.54, 1.807) is 13.3 Å². The Bertz CT molecular complexity index is 1010. The topological polar surface area (TPSA) is 101 Å². The number of nitrogens with zero attached hydrogens (tertiary/aromatic N) is 3. The summed E-state index contributed by atoms with van der Waals surface area (Å²) in [4.78, 5) is 24.1. The highest BCUT2D eigenvalue weighted by molar-refractivity contribution is 9.10. The molecule has 9 nitrogen and oxygen atoms in total. The predicted molar refractivity (Wildman–Crippen MR) is 145 cm³/mol. The SMILES string of the molecule is COCCN1CC[C@@H](Oc2ccc(Nc3ncc(Br)c(N[C@@H]4CCC[C@@H]4C(=O)NC(C)C)n3)cc2)C1. The standard InChI is InChI=1S/C26H37BrN6O3/c1-17(2)29-25(34)21-5-4-6-23(21)31-24-22(27)15-28-26(32-24)30-18-7-9-19(10-8-18)36-20-11-12-33(16-20)13-14-35-3/h7-10,15,17,20-21,23H,4-6,11-14,16H2,1-3H3,(H,29,34)(H2,28,30,31,32)/t20-,21+,23-/m1/s1. The van der Waals surface area contributed by atoms with Crippen molar-refractivity contribution in [2.45, 2.75) is 57.7 Å². The van der Waals surface area contributed by atoms with E-state index in [2.05, 4.69) is 46.7 Å². The second-order valence-corrected chi connectivity index (χ2v) is 10.7. The van der Waals surface area contributed by atoms with Crippen LogP contribution in [-0.4, -0.2) is 72.3 Å². The number of anilines is 3. The van der Waals surface area contributed by atoms with Crippen molar-refractivity contribution in [3.8, 4) is 5.75 Å². The molecule has 1 amide bonds. The zero-order chi connectivity index (χ0) is 25.5. The fourth-order valence-corrected chi connectivity index (χ4v) is 5.10. The molecule has 0 radical (unpaired) electrons. The lowest BCUT2D eigenvalue weighted by atomic mass is 10.0. The average Bonchev–Trinajstić information content (AvgIpc) is 3.50. The number of benzene rings is 1. The van der Waals surface area contributed by atoms with Gasteiger partial charge in [-0.2, -0.15) is 4.98 Å². The van der Waals surface area contributed by atoms with Crippen molar-refractivity contribution in [1.82, 2.24) is 20.2 Å². The Labute approximate surface area is 221 Å². The first kappa shape index (κ1) is 26.6. The van der Waals surface area contributed by atoms with Gasteiger partial charge in [-0.15, -0.1) is 0 Å². The molecular weight excluding hydrogens is 524 g/mol. The molecule has 1 saturated carbocycles. The highest BCUT2D eigenvalue weighted by atomic mass is 79.9. The number of hydrogen-bond acceptors (Lipinski definition) is 8. The molecule has 2 aliphatic rings. The molecule has 0 spiro atoms. The van der Waals surface area contributed by atoms with Crippen LogP contribution in [0.25, 0.3) is 0 Å². The van der Waals surface area contributed by atoms with Gasteiger partial charge in [-0.1, -0.05) is 6.42 Å². The van der Waals surface area contributed by atoms with Crippen LogP contribution in [0.1, 0.15) is 39.5 Å². The molecule has 1 saturated heterocycles. The number of carbonyl (C=O) groups is 1. The molecule has 0 unspecified atom stereocenters. The summed E-state index contributed by atoms with van der Waals surface area (Å²) in [5, 5.41) is 9.79. The Morgan fingerprint density at radius 3 is 2.78 bits per heavy atom. The number of rotatable bonds is 11. The van der Waals surface area contributed by atoms with Gasteiger partial charge in [0.2, 0.25) is 11.9 Å². The number of methoxy groups -OCH3 is 1. The summed E-state index contributed by atoms with van der Waals surface area (Å²) in [6.45, 7) is 7.62. The Balaban J connectivity index is 1.33. The molecule has 3 N–H and O–H groups in total. The van der Waals surface area contributed by atoms with Crippen LogP contribution in [0.3, 0.4) is 0 Å². The van der Waals surface area contributed by atoms with E-state index in [0.29, 0.717) is 11.8 Å². The summed E-state index contributed by atoms with van der Waals surface area (Å²) in [5.41, 5.74) is 0.874. The number of ether oxygens (including phenoxy) is 2. The van der Waals surface area contributed by atoms with Crippen molar-refractivity contribution >= 4 is 39.3 Å². The summed E-state index contributed by atoms with van der Waals surface area (Å²) in [6.07, 6.45) is 5.77. The van der Waals surface area contributed by atoms with Crippen molar-refractivity contribution in [1.29, 1.82) is 0 Å². The Morgan fingerprint density at radius 1 is 1.22 bits per heavy atom. The summed E-state index contributed by atoms with van der Waals surface area (Å²) >= 11 is 3.55. The fourth-order valence-electron chi connectivity index (χ4n) is 4.80. The molecule has 1 aliphatic carbocycles. The number of aromatic nitrogens is 2. The van der Waals surface area contributed by atoms with Gasteiger partial charge in [0.15, 0.2) is 0 Å². The number of likely N-dealkylation sites (tertiary alicyclic amines) is 1. The van der Waals surface area contributed by atoms with E-state index in [0.717, 1.165) is 67.8 Å². The summed E-state index contributed by atoms with van der Waals surface area (Å²) in [7, 11) is 1.73. The molecule has 2 heterocycles. The number of nitrogens with one attached hydrogen (secondary N) is 3. The molecule has 1 aromatic carbocycles. The number of hydrogen-bond donors (Lipinski definition) is 3. The normalized spacial score (nSPS) is 22.1. The van der Waals surface area contributed by atoms with Gasteiger partial charge >= 0.3 is 0 Å². The zero-order valence-electron chi connectivity index (χ0n) is 21.3. The Morgan fingerprint density at radius 2 is 2.03 bits per heavy atom. The van der Waals surface area contributed by atoms with Crippen molar-refractivity contribution in [2.24, 2.45) is 5.92 Å². The lowest BCUT2D eigenvalue weighted by Gasteiger charge is -2.22. The quantitative estimate of drug-likeness (QED) is 0.376. The molecule has 36 heavy (non-hydrogen) atoms. The summed E-state index contributed by atoms with van der Waals surface area (Å²) in [5.74, 6) is 2.06. The third-order valence-corrected chi connectivity index (χ3v) is 7.18. The van der Waals surface area contributed by atoms with E-state index < -0.39 is 0 Å². The van der Waals surface area contributed by atoms with E-state index in [4.69, 9.17) is 9.47 Å². The molecule has 1 aliphatic heterocycles. The van der Waals surface area contributed by atoms with Gasteiger partial charge in [-0.25, -0.2) is 4.98 Å². The lowest BCUT2D eigenvalue weighted by Crippen LogP contribution is -2.41. The van der Waals surface area contributed by atoms with Gasteiger partial charge in [0.05, 0.1) is 17.0 Å². The maximum Gasteiger partial charge on any atom is 0.229 e. The average molecular weight is 562 g/mol. The lowest BCUT2D eigenvalue weighted by molar-refractivity contribution is -0.125. The monoisotopic (exact) mass is 560 g/mol. The largest absolute Gasteiger partial charge is 0.489 e. The molecule has 2 fully saturated rings. The molecule has 3 atom stereocenters. The maximum atomic E-state index is 12.6. The first-order valence-electron chi connectivity index (χ1n) is 12.8. The van der Waals surface area contributed by atoms with Crippen molar-refractivity contribution in [2.75, 3.05) is 44.0 Å². The van der Waals surface area contributed by atoms with Gasteiger partial charge in [0, 0.05) is 50.7 Å². The number of amides is 1. The van der Waals surface area contributed by atoms with Crippen molar-refractivity contribution < 1.29 is 14.3 Å². The van der Waals surface area contributed by atoms with E-state index in [9.17, 15) is 4.79 Å². The first-order chi connectivity index (χ1) is 17.4. The summed E-state index contributed by atoms with van der Waals surface area (Å²) < 4.78 is 12.1. The van der Waals surface area contributed by atoms with Crippen LogP contribution >= 0.6 is 15.9 Å². The van der Waals surface area contributed by atoms with Crippen LogP contribution in [0, 0.1) is 5.92 Å². The van der Waals surface area contributed by atoms with Gasteiger partial charge in [0.1, 0.15) is 17.7 Å². The van der Waals surface area contributed by atoms with Crippen LogP contribution in [0.15, 0.2) is 34.9 Å². The highest BCUT2D eigenvalue weighted by Gasteiger charge is 2.33. The minimum atomic E-state index is -0.0647. The molecule has 10 heteroatoms. The summed E-state index contributed by atoms with van der Waals surface area (Å²) in [6, 6.07) is 8.04. The molecule has 1 aromatic heterocycles. The third kappa shape index (κ3) is 7.30.